The summed E-state index contributed by atoms with van der Waals surface area (Å²) in [6.45, 7) is 2.12. The first-order valence-corrected chi connectivity index (χ1v) is 21.9. The van der Waals surface area contributed by atoms with Crippen molar-refractivity contribution in [2.24, 2.45) is 0 Å². The van der Waals surface area contributed by atoms with Crippen molar-refractivity contribution in [2.75, 3.05) is 39.4 Å². The molecule has 2 atom stereocenters. The van der Waals surface area contributed by atoms with Gasteiger partial charge in [0.15, 0.2) is 11.5 Å². The van der Waals surface area contributed by atoms with Crippen molar-refractivity contribution in [3.63, 3.8) is 0 Å². The van der Waals surface area contributed by atoms with E-state index in [4.69, 9.17) is 19.6 Å². The zero-order valence-corrected chi connectivity index (χ0v) is 35.8. The lowest BCUT2D eigenvalue weighted by molar-refractivity contribution is -0.387. The van der Waals surface area contributed by atoms with Crippen LogP contribution in [-0.2, 0) is 41.8 Å². The molecule has 8 rings (SSSR count). The van der Waals surface area contributed by atoms with Gasteiger partial charge >= 0.3 is 0 Å². The molecule has 4 aliphatic heterocycles. The Bertz CT molecular complexity index is 2430. The van der Waals surface area contributed by atoms with E-state index in [1.807, 2.05) is 0 Å². The van der Waals surface area contributed by atoms with E-state index in [-0.39, 0.29) is 69.4 Å². The van der Waals surface area contributed by atoms with E-state index in [1.165, 1.54) is 36.4 Å². The maximum Gasteiger partial charge on any atom is 0.291 e. The molecule has 0 spiro atoms. The third-order valence-corrected chi connectivity index (χ3v) is 12.8. The predicted octanol–water partition coefficient (Wildman–Crippen LogP) is 6.22. The van der Waals surface area contributed by atoms with Crippen molar-refractivity contribution < 1.29 is 48.6 Å². The van der Waals surface area contributed by atoms with Crippen molar-refractivity contribution in [1.29, 1.82) is 0 Å². The number of nitrogens with one attached hydrogen (secondary N) is 2. The summed E-state index contributed by atoms with van der Waals surface area (Å²) in [5.41, 5.74) is 2.77. The number of hydrogen-bond acceptors (Lipinski definition) is 13. The average Bonchev–Trinajstić information content (AvgIpc) is 3.32. The van der Waals surface area contributed by atoms with Crippen LogP contribution < -0.4 is 20.4 Å². The Morgan fingerprint density at radius 3 is 1.52 bits per heavy atom. The number of hydrogen-bond donors (Lipinski definition) is 2. The first kappa shape index (κ1) is 44.5. The molecule has 0 radical (unpaired) electrons. The highest BCUT2D eigenvalue weighted by Gasteiger charge is 2.32. The molecule has 2 unspecified atom stereocenters. The number of piperidine rings is 2. The number of fused-ring (bicyclic) bond motifs is 2. The molecule has 19 heteroatoms. The van der Waals surface area contributed by atoms with Crippen LogP contribution in [-0.4, -0.2) is 95.8 Å². The van der Waals surface area contributed by atoms with Crippen LogP contribution in [0.4, 0.5) is 11.4 Å². The molecule has 4 amide bonds. The van der Waals surface area contributed by atoms with E-state index in [2.05, 4.69) is 10.6 Å². The van der Waals surface area contributed by atoms with Crippen LogP contribution in [0.1, 0.15) is 47.9 Å². The fraction of sp³-hybridized carbons (Fsp3) is 0.304. The third-order valence-electron chi connectivity index (χ3n) is 11.7. The molecule has 0 aliphatic carbocycles. The summed E-state index contributed by atoms with van der Waals surface area (Å²) in [6, 6.07) is 16.0. The number of benzene rings is 4. The van der Waals surface area contributed by atoms with Gasteiger partial charge in [-0.3, -0.25) is 39.4 Å². The van der Waals surface area contributed by atoms with Crippen molar-refractivity contribution >= 4 is 59.9 Å². The SMILES string of the molecule is O=CNC1CCCN(C(=O)/C=C/c2ccc(Sc3ccc(/C=C/C(=O)N4CCCC(NC=O)C4)c(-c4ccc5c(c4)CCOO5)c3[N+](=O)[O-])c([N+](=O)[O-])c2-c2ccc3c(c2)CCOO3)C1. The van der Waals surface area contributed by atoms with Gasteiger partial charge in [-0.25, -0.2) is 0 Å². The van der Waals surface area contributed by atoms with Gasteiger partial charge in [0.05, 0.1) is 44.0 Å². The summed E-state index contributed by atoms with van der Waals surface area (Å²) in [6.07, 6.45) is 10.7. The second-order valence-electron chi connectivity index (χ2n) is 15.8. The smallest absolute Gasteiger partial charge is 0.291 e. The van der Waals surface area contributed by atoms with Gasteiger partial charge in [0.25, 0.3) is 11.4 Å². The van der Waals surface area contributed by atoms with Gasteiger partial charge in [-0.05, 0) is 96.5 Å². The van der Waals surface area contributed by atoms with Crippen molar-refractivity contribution in [2.45, 2.75) is 60.4 Å². The highest BCUT2D eigenvalue weighted by atomic mass is 32.2. The largest absolute Gasteiger partial charge is 0.354 e. The monoisotopic (exact) mass is 904 g/mol. The number of nitrogens with zero attached hydrogens (tertiary/aromatic N) is 4. The molecule has 2 N–H and O–H groups in total. The molecule has 18 nitrogen and oxygen atoms in total. The number of rotatable bonds is 14. The molecule has 4 aromatic carbocycles. The molecule has 4 aromatic rings. The zero-order valence-electron chi connectivity index (χ0n) is 35.0. The van der Waals surface area contributed by atoms with E-state index in [0.717, 1.165) is 35.7 Å². The molecule has 0 aromatic heterocycles. The Morgan fingerprint density at radius 2 is 1.11 bits per heavy atom. The molecule has 0 saturated carbocycles. The Balaban J connectivity index is 1.22. The molecule has 336 valence electrons. The number of nitro benzene ring substituents is 2. The summed E-state index contributed by atoms with van der Waals surface area (Å²) in [7, 11) is 0. The number of carbonyl (C=O) groups excluding carboxylic acids is 4. The van der Waals surface area contributed by atoms with Crippen LogP contribution >= 0.6 is 11.8 Å². The Hall–Kier alpha value is -7.09. The summed E-state index contributed by atoms with van der Waals surface area (Å²) < 4.78 is 0. The van der Waals surface area contributed by atoms with Crippen LogP contribution in [0.25, 0.3) is 34.4 Å². The van der Waals surface area contributed by atoms with Gasteiger partial charge in [-0.15, -0.1) is 0 Å². The van der Waals surface area contributed by atoms with Crippen LogP contribution in [0.2, 0.25) is 0 Å². The minimum atomic E-state index is -0.535. The molecular weight excluding hydrogens is 861 g/mol. The summed E-state index contributed by atoms with van der Waals surface area (Å²) in [5.74, 6) is 0.250. The number of likely N-dealkylation sites (tertiary alicyclic amines) is 2. The topological polar surface area (TPSA) is 222 Å². The Kier molecular flexibility index (Phi) is 13.8. The predicted molar refractivity (Wildman–Crippen MR) is 237 cm³/mol. The van der Waals surface area contributed by atoms with Crippen LogP contribution in [0.15, 0.2) is 82.6 Å². The van der Waals surface area contributed by atoms with Crippen LogP contribution in [0, 0.1) is 20.2 Å². The summed E-state index contributed by atoms with van der Waals surface area (Å²) >= 11 is 0.852. The minimum Gasteiger partial charge on any atom is -0.354 e. The first-order valence-electron chi connectivity index (χ1n) is 21.1. The fourth-order valence-electron chi connectivity index (χ4n) is 8.59. The van der Waals surface area contributed by atoms with Crippen LogP contribution in [0.5, 0.6) is 11.5 Å². The number of amides is 4. The molecule has 4 aliphatic rings. The van der Waals surface area contributed by atoms with Gasteiger partial charge in [0.2, 0.25) is 24.6 Å². The van der Waals surface area contributed by atoms with Gasteiger partial charge < -0.3 is 30.2 Å². The van der Waals surface area contributed by atoms with E-state index < -0.39 is 9.85 Å². The van der Waals surface area contributed by atoms with Gasteiger partial charge in [0.1, 0.15) is 0 Å². The Labute approximate surface area is 376 Å². The molecule has 65 heavy (non-hydrogen) atoms. The second-order valence-corrected chi connectivity index (χ2v) is 16.9. The van der Waals surface area contributed by atoms with Crippen molar-refractivity contribution in [3.05, 3.63) is 115 Å². The quantitative estimate of drug-likeness (QED) is 0.0472. The molecule has 4 heterocycles. The van der Waals surface area contributed by atoms with Crippen LogP contribution in [0.3, 0.4) is 0 Å². The molecule has 2 saturated heterocycles. The van der Waals surface area contributed by atoms with E-state index >= 15 is 0 Å². The lowest BCUT2D eigenvalue weighted by Gasteiger charge is -2.31. The highest BCUT2D eigenvalue weighted by molar-refractivity contribution is 7.99. The first-order chi connectivity index (χ1) is 31.6. The Morgan fingerprint density at radius 1 is 0.662 bits per heavy atom. The third kappa shape index (κ3) is 10.0. The lowest BCUT2D eigenvalue weighted by atomic mass is 9.94. The molecule has 0 bridgehead atoms. The van der Waals surface area contributed by atoms with Gasteiger partial charge in [-0.1, -0.05) is 36.0 Å². The van der Waals surface area contributed by atoms with E-state index in [9.17, 15) is 39.4 Å². The van der Waals surface area contributed by atoms with Crippen molar-refractivity contribution in [3.8, 4) is 33.8 Å². The normalized spacial score (nSPS) is 18.2. The second kappa shape index (κ2) is 20.2. The minimum absolute atomic E-state index is 0.0942. The summed E-state index contributed by atoms with van der Waals surface area (Å²) in [4.78, 5) is 99.2. The lowest BCUT2D eigenvalue weighted by Crippen LogP contribution is -2.47. The van der Waals surface area contributed by atoms with E-state index in [1.54, 1.807) is 58.3 Å². The molecule has 2 fully saturated rings. The molecular formula is C46H44N6O12S. The fourth-order valence-corrected chi connectivity index (χ4v) is 9.65. The summed E-state index contributed by atoms with van der Waals surface area (Å²) in [5, 5.41) is 32.2. The number of carbonyl (C=O) groups is 4. The highest BCUT2D eigenvalue weighted by Crippen LogP contribution is 2.49. The number of nitro groups is 2. The van der Waals surface area contributed by atoms with Gasteiger partial charge in [0, 0.05) is 74.4 Å². The standard InChI is InChI=1S/C46H44N6O12S/c53-27-47-35-3-1-19-49(25-35)41(55)15-9-29-7-13-39(45(51(57)58)43(29)33-5-11-37-31(23-33)17-21-61-63-37)65-40-14-8-30(10-16-42(56)50-20-2-4-36(26-50)48-28-54)44(46(40)52(59)60)34-6-12-38-32(24-34)18-22-62-64-38/h5-16,23-24,27-28,35-36H,1-4,17-22,25-26H2,(H,47,53)(H,48,54)/b15-9+,16-10+. The maximum atomic E-state index is 13.5. The maximum absolute atomic E-state index is 13.5. The zero-order chi connectivity index (χ0) is 45.5. The van der Waals surface area contributed by atoms with Gasteiger partial charge in [-0.2, -0.15) is 9.78 Å². The average molecular weight is 905 g/mol. The van der Waals surface area contributed by atoms with E-state index in [0.29, 0.717) is 98.4 Å². The van der Waals surface area contributed by atoms with Crippen molar-refractivity contribution in [1.82, 2.24) is 20.4 Å².